The zero-order valence-electron chi connectivity index (χ0n) is 28.1. The van der Waals surface area contributed by atoms with Crippen molar-refractivity contribution in [2.45, 2.75) is 38.5 Å². The molecule has 49 heavy (non-hydrogen) atoms. The largest absolute Gasteiger partial charge is 0.456 e. The van der Waals surface area contributed by atoms with Gasteiger partial charge in [-0.15, -0.1) is 0 Å². The smallest absolute Gasteiger partial charge is 0.135 e. The van der Waals surface area contributed by atoms with Crippen molar-refractivity contribution in [3.8, 4) is 33.4 Å². The van der Waals surface area contributed by atoms with Crippen molar-refractivity contribution < 1.29 is 4.42 Å². The van der Waals surface area contributed by atoms with Gasteiger partial charge >= 0.3 is 0 Å². The summed E-state index contributed by atoms with van der Waals surface area (Å²) >= 11 is 0. The van der Waals surface area contributed by atoms with Gasteiger partial charge in [0.15, 0.2) is 0 Å². The van der Waals surface area contributed by atoms with Gasteiger partial charge in [0.1, 0.15) is 11.2 Å². The highest BCUT2D eigenvalue weighted by molar-refractivity contribution is 6.26. The fourth-order valence-electron chi connectivity index (χ4n) is 9.44. The van der Waals surface area contributed by atoms with Crippen molar-refractivity contribution in [1.82, 2.24) is 0 Å². The van der Waals surface area contributed by atoms with Crippen LogP contribution in [-0.4, -0.2) is 0 Å². The second kappa shape index (κ2) is 9.07. The van der Waals surface area contributed by atoms with Gasteiger partial charge in [-0.05, 0) is 136 Å². The molecule has 0 aliphatic heterocycles. The summed E-state index contributed by atoms with van der Waals surface area (Å²) in [7, 11) is 0. The van der Waals surface area contributed by atoms with Crippen molar-refractivity contribution in [1.29, 1.82) is 0 Å². The molecule has 0 N–H and O–H groups in total. The van der Waals surface area contributed by atoms with Gasteiger partial charge in [0.2, 0.25) is 0 Å². The molecule has 9 aromatic rings. The van der Waals surface area contributed by atoms with Gasteiger partial charge in [-0.1, -0.05) is 113 Å². The Labute approximate surface area is 285 Å². The molecule has 232 valence electrons. The fourth-order valence-corrected chi connectivity index (χ4v) is 9.44. The monoisotopic (exact) mass is 626 g/mol. The van der Waals surface area contributed by atoms with Crippen LogP contribution in [0.1, 0.15) is 49.9 Å². The molecule has 0 radical (unpaired) electrons. The average molecular weight is 627 g/mol. The van der Waals surface area contributed by atoms with Crippen LogP contribution in [0.5, 0.6) is 0 Å². The summed E-state index contributed by atoms with van der Waals surface area (Å²) in [6.45, 7) is 9.64. The normalized spacial score (nSPS) is 15.3. The first-order valence-corrected chi connectivity index (χ1v) is 17.4. The second-order valence-electron chi connectivity index (χ2n) is 15.3. The van der Waals surface area contributed by atoms with E-state index >= 15 is 0 Å². The van der Waals surface area contributed by atoms with Crippen LogP contribution in [0.2, 0.25) is 0 Å². The molecule has 1 nitrogen and oxygen atoms in total. The van der Waals surface area contributed by atoms with Crippen LogP contribution in [0.4, 0.5) is 0 Å². The molecule has 0 bridgehead atoms. The summed E-state index contributed by atoms with van der Waals surface area (Å²) < 4.78 is 6.14. The quantitative estimate of drug-likeness (QED) is 0.165. The molecule has 0 fully saturated rings. The Morgan fingerprint density at radius 2 is 0.776 bits per heavy atom. The van der Waals surface area contributed by atoms with Crippen LogP contribution in [0, 0.1) is 0 Å². The molecule has 2 aliphatic rings. The average Bonchev–Trinajstić information content (AvgIpc) is 3.69. The molecule has 8 aromatic carbocycles. The molecule has 2 aliphatic carbocycles. The van der Waals surface area contributed by atoms with E-state index in [-0.39, 0.29) is 10.8 Å². The maximum absolute atomic E-state index is 6.14. The van der Waals surface area contributed by atoms with E-state index in [0.29, 0.717) is 0 Å². The third kappa shape index (κ3) is 3.45. The molecule has 0 spiro atoms. The van der Waals surface area contributed by atoms with E-state index in [9.17, 15) is 0 Å². The minimum absolute atomic E-state index is 0.115. The van der Waals surface area contributed by atoms with E-state index in [0.717, 1.165) is 11.2 Å². The molecule has 1 aromatic heterocycles. The molecule has 0 atom stereocenters. The van der Waals surface area contributed by atoms with Gasteiger partial charge in [0, 0.05) is 21.6 Å². The standard InChI is InChI=1S/C48H34O/c1-47(2)41-22-28(27-18-20-46-40(21-27)34-15-9-10-16-45(34)49-46)17-19-33(41)38-25-44-39(26-43(38)47)37-23-35-31-13-7-5-11-29(31)30-12-6-8-14-32(30)36(35)24-42(37)48(44,3)4/h5-26H,1-4H3. The molecule has 0 saturated heterocycles. The topological polar surface area (TPSA) is 13.1 Å². The molecule has 0 unspecified atom stereocenters. The van der Waals surface area contributed by atoms with Crippen LogP contribution in [0.25, 0.3) is 87.6 Å². The lowest BCUT2D eigenvalue weighted by atomic mass is 9.79. The summed E-state index contributed by atoms with van der Waals surface area (Å²) in [5, 5.41) is 10.3. The predicted octanol–water partition coefficient (Wildman–Crippen LogP) is 13.3. The Morgan fingerprint density at radius 3 is 1.45 bits per heavy atom. The van der Waals surface area contributed by atoms with Gasteiger partial charge in [0.25, 0.3) is 0 Å². The lowest BCUT2D eigenvalue weighted by Crippen LogP contribution is -2.17. The third-order valence-electron chi connectivity index (χ3n) is 12.0. The number of furan rings is 1. The van der Waals surface area contributed by atoms with Crippen molar-refractivity contribution >= 4 is 54.3 Å². The molecular weight excluding hydrogens is 593 g/mol. The summed E-state index contributed by atoms with van der Waals surface area (Å²) in [5.74, 6) is 0. The maximum Gasteiger partial charge on any atom is 0.135 e. The SMILES string of the molecule is CC1(C)c2cc(-c3ccc4oc5ccccc5c4c3)ccc2-c2cc3c(cc21)-c1cc2c4ccccc4c4ccccc4c2cc1C3(C)C. The predicted molar refractivity (Wildman–Crippen MR) is 207 cm³/mol. The van der Waals surface area contributed by atoms with Gasteiger partial charge < -0.3 is 4.42 Å². The van der Waals surface area contributed by atoms with Gasteiger partial charge in [0.05, 0.1) is 0 Å². The van der Waals surface area contributed by atoms with Crippen LogP contribution in [0.3, 0.4) is 0 Å². The Balaban J connectivity index is 1.10. The Bertz CT molecular complexity index is 2930. The zero-order valence-corrected chi connectivity index (χ0v) is 28.1. The van der Waals surface area contributed by atoms with E-state index < -0.39 is 0 Å². The van der Waals surface area contributed by atoms with Crippen molar-refractivity contribution in [2.75, 3.05) is 0 Å². The summed E-state index contributed by atoms with van der Waals surface area (Å²) in [6, 6.07) is 50.0. The van der Waals surface area contributed by atoms with Crippen LogP contribution < -0.4 is 0 Å². The Morgan fingerprint density at radius 1 is 0.327 bits per heavy atom. The van der Waals surface area contributed by atoms with Crippen LogP contribution in [-0.2, 0) is 10.8 Å². The number of fused-ring (bicyclic) bond motifs is 15. The summed E-state index contributed by atoms with van der Waals surface area (Å²) in [6.07, 6.45) is 0. The second-order valence-corrected chi connectivity index (χ2v) is 15.3. The molecule has 1 heteroatoms. The van der Waals surface area contributed by atoms with E-state index in [1.165, 1.54) is 98.7 Å². The van der Waals surface area contributed by atoms with Crippen molar-refractivity contribution in [3.63, 3.8) is 0 Å². The number of rotatable bonds is 1. The fraction of sp³-hybridized carbons (Fsp3) is 0.125. The highest BCUT2D eigenvalue weighted by Gasteiger charge is 2.42. The number of benzene rings is 8. The number of hydrogen-bond acceptors (Lipinski definition) is 1. The first-order chi connectivity index (χ1) is 23.8. The highest BCUT2D eigenvalue weighted by atomic mass is 16.3. The minimum atomic E-state index is -0.130. The molecule has 0 saturated carbocycles. The highest BCUT2D eigenvalue weighted by Crippen LogP contribution is 2.57. The zero-order chi connectivity index (χ0) is 32.8. The first-order valence-electron chi connectivity index (χ1n) is 17.4. The van der Waals surface area contributed by atoms with Crippen molar-refractivity contribution in [2.24, 2.45) is 0 Å². The van der Waals surface area contributed by atoms with Gasteiger partial charge in [-0.3, -0.25) is 0 Å². The molecule has 0 amide bonds. The van der Waals surface area contributed by atoms with Crippen molar-refractivity contribution in [3.05, 3.63) is 156 Å². The lowest BCUT2D eigenvalue weighted by Gasteiger charge is -2.24. The molecule has 11 rings (SSSR count). The number of hydrogen-bond donors (Lipinski definition) is 0. The van der Waals surface area contributed by atoms with Crippen LogP contribution >= 0.6 is 0 Å². The third-order valence-corrected chi connectivity index (χ3v) is 12.0. The minimum Gasteiger partial charge on any atom is -0.456 e. The van der Waals surface area contributed by atoms with E-state index in [1.807, 2.05) is 12.1 Å². The molecular formula is C48H34O. The van der Waals surface area contributed by atoms with Gasteiger partial charge in [-0.2, -0.15) is 0 Å². The summed E-state index contributed by atoms with van der Waals surface area (Å²) in [4.78, 5) is 0. The maximum atomic E-state index is 6.14. The lowest BCUT2D eigenvalue weighted by molar-refractivity contribution is 0.652. The molecule has 1 heterocycles. The Kier molecular flexibility index (Phi) is 5.05. The van der Waals surface area contributed by atoms with E-state index in [4.69, 9.17) is 4.42 Å². The first kappa shape index (κ1) is 27.3. The number of para-hydroxylation sites is 1. The summed E-state index contributed by atoms with van der Waals surface area (Å²) in [5.41, 5.74) is 15.3. The van der Waals surface area contributed by atoms with E-state index in [2.05, 4.69) is 149 Å². The van der Waals surface area contributed by atoms with Crippen LogP contribution in [0.15, 0.2) is 138 Å². The Hall–Kier alpha value is -5.66. The van der Waals surface area contributed by atoms with E-state index in [1.54, 1.807) is 0 Å². The van der Waals surface area contributed by atoms with Gasteiger partial charge in [-0.25, -0.2) is 0 Å².